The van der Waals surface area contributed by atoms with Gasteiger partial charge in [0.15, 0.2) is 6.10 Å². The van der Waals surface area contributed by atoms with Crippen molar-refractivity contribution in [2.45, 2.75) is 213 Å². The van der Waals surface area contributed by atoms with E-state index in [4.69, 9.17) is 18.5 Å². The Bertz CT molecular complexity index is 1310. The quantitative estimate of drug-likeness (QED) is 0.0211. The number of phosphoric acid groups is 1. The van der Waals surface area contributed by atoms with Crippen LogP contribution in [0.2, 0.25) is 0 Å². The first-order valence-electron chi connectivity index (χ1n) is 25.7. The Morgan fingerprint density at radius 2 is 0.875 bits per heavy atom. The summed E-state index contributed by atoms with van der Waals surface area (Å²) in [5.74, 6) is -0.895. The van der Waals surface area contributed by atoms with Gasteiger partial charge in [-0.05, 0) is 77.0 Å². The fraction of sp³-hybridized carbons (Fsp3) is 0.741. The van der Waals surface area contributed by atoms with Gasteiger partial charge in [-0.2, -0.15) is 0 Å². The summed E-state index contributed by atoms with van der Waals surface area (Å²) < 4.78 is 34.3. The van der Waals surface area contributed by atoms with Gasteiger partial charge in [0.25, 0.3) is 0 Å². The maximum atomic E-state index is 12.7. The van der Waals surface area contributed by atoms with Gasteiger partial charge in [0.05, 0.1) is 27.7 Å². The van der Waals surface area contributed by atoms with Crippen molar-refractivity contribution >= 4 is 19.8 Å². The van der Waals surface area contributed by atoms with Gasteiger partial charge in [0, 0.05) is 12.8 Å². The molecule has 0 rings (SSSR count). The van der Waals surface area contributed by atoms with Crippen LogP contribution in [0.25, 0.3) is 0 Å². The molecular formula is C54H97NO8P+. The van der Waals surface area contributed by atoms with Crippen molar-refractivity contribution in [2.75, 3.05) is 47.5 Å². The molecule has 0 radical (unpaired) electrons. The highest BCUT2D eigenvalue weighted by Gasteiger charge is 2.27. The van der Waals surface area contributed by atoms with Gasteiger partial charge in [-0.25, -0.2) is 4.57 Å². The van der Waals surface area contributed by atoms with Gasteiger partial charge in [0.2, 0.25) is 0 Å². The maximum Gasteiger partial charge on any atom is 0.472 e. The summed E-state index contributed by atoms with van der Waals surface area (Å²) in [6.45, 7) is 4.31. The lowest BCUT2D eigenvalue weighted by atomic mass is 10.0. The molecule has 0 heterocycles. The predicted molar refractivity (Wildman–Crippen MR) is 270 cm³/mol. The zero-order valence-corrected chi connectivity index (χ0v) is 42.6. The highest BCUT2D eigenvalue weighted by molar-refractivity contribution is 7.47. The molecule has 370 valence electrons. The molecule has 0 amide bonds. The van der Waals surface area contributed by atoms with Crippen LogP contribution in [0.3, 0.4) is 0 Å². The van der Waals surface area contributed by atoms with Crippen LogP contribution in [0.5, 0.6) is 0 Å². The molecule has 0 aliphatic rings. The molecule has 0 aliphatic carbocycles. The number of allylic oxidation sites excluding steroid dienone is 12. The molecule has 64 heavy (non-hydrogen) atoms. The first-order valence-corrected chi connectivity index (χ1v) is 27.2. The Balaban J connectivity index is 4.36. The Labute approximate surface area is 393 Å². The first kappa shape index (κ1) is 61.5. The van der Waals surface area contributed by atoms with Crippen molar-refractivity contribution in [3.63, 3.8) is 0 Å². The smallest absolute Gasteiger partial charge is 0.462 e. The number of nitrogens with zero attached hydrogens (tertiary/aromatic N) is 1. The third kappa shape index (κ3) is 48.9. The minimum Gasteiger partial charge on any atom is -0.462 e. The fourth-order valence-electron chi connectivity index (χ4n) is 6.70. The number of carbonyl (C=O) groups excluding carboxylic acids is 2. The molecule has 0 aromatic carbocycles. The van der Waals surface area contributed by atoms with E-state index in [1.807, 2.05) is 33.3 Å². The van der Waals surface area contributed by atoms with Gasteiger partial charge < -0.3 is 18.9 Å². The molecule has 0 aromatic heterocycles. The lowest BCUT2D eigenvalue weighted by Gasteiger charge is -2.24. The van der Waals surface area contributed by atoms with Gasteiger partial charge in [-0.3, -0.25) is 18.6 Å². The normalized spacial score (nSPS) is 14.0. The van der Waals surface area contributed by atoms with Crippen molar-refractivity contribution in [1.82, 2.24) is 0 Å². The van der Waals surface area contributed by atoms with E-state index in [0.29, 0.717) is 17.4 Å². The predicted octanol–water partition coefficient (Wildman–Crippen LogP) is 15.4. The third-order valence-corrected chi connectivity index (χ3v) is 11.7. The first-order chi connectivity index (χ1) is 31.0. The molecule has 2 atom stereocenters. The Hall–Kier alpha value is -2.55. The highest BCUT2D eigenvalue weighted by atomic mass is 31.2. The monoisotopic (exact) mass is 919 g/mol. The molecule has 0 saturated carbocycles. The number of likely N-dealkylation sites (N-methyl/N-ethyl adjacent to an activating group) is 1. The van der Waals surface area contributed by atoms with Crippen molar-refractivity contribution in [3.05, 3.63) is 72.9 Å². The van der Waals surface area contributed by atoms with E-state index in [2.05, 4.69) is 74.6 Å². The van der Waals surface area contributed by atoms with Crippen LogP contribution >= 0.6 is 7.82 Å². The second-order valence-corrected chi connectivity index (χ2v) is 19.6. The molecule has 1 N–H and O–H groups in total. The molecule has 9 nitrogen and oxygen atoms in total. The zero-order valence-electron chi connectivity index (χ0n) is 41.7. The number of carbonyl (C=O) groups is 2. The van der Waals surface area contributed by atoms with Crippen LogP contribution in [-0.4, -0.2) is 74.9 Å². The lowest BCUT2D eigenvalue weighted by molar-refractivity contribution is -0.870. The maximum absolute atomic E-state index is 12.7. The molecule has 10 heteroatoms. The molecule has 0 spiro atoms. The number of quaternary nitrogens is 1. The SMILES string of the molecule is CCCCC/C=C\C/C=C\C/C=C\C/C=C\C/C=C\CCC(=O)O[C@H](COC(=O)CCCCCCCCCCCCC/C=C\CCCCCCCC)COP(=O)(O)OCC[N+](C)(C)C. The van der Waals surface area contributed by atoms with Crippen molar-refractivity contribution in [1.29, 1.82) is 0 Å². The largest absolute Gasteiger partial charge is 0.472 e. The van der Waals surface area contributed by atoms with Crippen LogP contribution in [-0.2, 0) is 32.7 Å². The lowest BCUT2D eigenvalue weighted by Crippen LogP contribution is -2.37. The number of esters is 2. The van der Waals surface area contributed by atoms with E-state index in [1.165, 1.54) is 128 Å². The summed E-state index contributed by atoms with van der Waals surface area (Å²) in [4.78, 5) is 35.5. The summed E-state index contributed by atoms with van der Waals surface area (Å²) >= 11 is 0. The number of unbranched alkanes of at least 4 members (excludes halogenated alkanes) is 20. The molecule has 1 unspecified atom stereocenters. The number of hydrogen-bond donors (Lipinski definition) is 1. The van der Waals surface area contributed by atoms with Crippen LogP contribution in [0.1, 0.15) is 206 Å². The minimum absolute atomic E-state index is 0.0157. The van der Waals surface area contributed by atoms with Crippen LogP contribution in [0.4, 0.5) is 0 Å². The molecule has 0 aliphatic heterocycles. The Morgan fingerprint density at radius 1 is 0.484 bits per heavy atom. The summed E-state index contributed by atoms with van der Waals surface area (Å²) in [5.41, 5.74) is 0. The van der Waals surface area contributed by atoms with Crippen LogP contribution < -0.4 is 0 Å². The second-order valence-electron chi connectivity index (χ2n) is 18.2. The molecule has 0 aromatic rings. The van der Waals surface area contributed by atoms with Gasteiger partial charge >= 0.3 is 19.8 Å². The van der Waals surface area contributed by atoms with E-state index in [9.17, 15) is 19.0 Å². The van der Waals surface area contributed by atoms with Crippen LogP contribution in [0.15, 0.2) is 72.9 Å². The fourth-order valence-corrected chi connectivity index (χ4v) is 7.44. The number of hydrogen-bond acceptors (Lipinski definition) is 7. The van der Waals surface area contributed by atoms with E-state index < -0.39 is 26.5 Å². The highest BCUT2D eigenvalue weighted by Crippen LogP contribution is 2.43. The van der Waals surface area contributed by atoms with E-state index in [-0.39, 0.29) is 32.0 Å². The van der Waals surface area contributed by atoms with E-state index in [0.717, 1.165) is 44.9 Å². The molecular weight excluding hydrogens is 822 g/mol. The third-order valence-electron chi connectivity index (χ3n) is 10.7. The van der Waals surface area contributed by atoms with Crippen molar-refractivity contribution in [3.8, 4) is 0 Å². The van der Waals surface area contributed by atoms with E-state index in [1.54, 1.807) is 0 Å². The molecule has 0 fully saturated rings. The summed E-state index contributed by atoms with van der Waals surface area (Å²) in [7, 11) is 1.43. The number of rotatable bonds is 46. The number of ether oxygens (including phenoxy) is 2. The van der Waals surface area contributed by atoms with Gasteiger partial charge in [-0.1, -0.05) is 189 Å². The number of phosphoric ester groups is 1. The average Bonchev–Trinajstić information content (AvgIpc) is 3.25. The van der Waals surface area contributed by atoms with Crippen molar-refractivity contribution in [2.24, 2.45) is 0 Å². The summed E-state index contributed by atoms with van der Waals surface area (Å²) in [6.07, 6.45) is 58.3. The standard InChI is InChI=1S/C54H96NO8P/c1-6-8-10-12-14-16-18-20-22-24-26-27-29-30-32-34-36-38-40-42-44-46-53(56)60-50-52(51-62-64(58,59)61-49-48-55(3,4)5)63-54(57)47-45-43-41-39-37-35-33-31-28-25-23-21-19-17-15-13-11-9-7-2/h15,17,20-23,28,31,35,37,41,43,52H,6-14,16,18-19,24-27,29-30,32-34,36,38-40,42,44-51H2,1-5H3/p+1/b17-15-,22-20-,23-21-,31-28-,37-35-,43-41-/t52-/m1/s1. The van der Waals surface area contributed by atoms with Gasteiger partial charge in [-0.15, -0.1) is 0 Å². The van der Waals surface area contributed by atoms with Crippen LogP contribution in [0, 0.1) is 0 Å². The zero-order chi connectivity index (χ0) is 47.1. The minimum atomic E-state index is -4.40. The van der Waals surface area contributed by atoms with Gasteiger partial charge in [0.1, 0.15) is 19.8 Å². The second kappa shape index (κ2) is 45.6. The molecule has 0 bridgehead atoms. The Morgan fingerprint density at radius 3 is 1.36 bits per heavy atom. The summed E-state index contributed by atoms with van der Waals surface area (Å²) in [5, 5.41) is 0. The van der Waals surface area contributed by atoms with Crippen molar-refractivity contribution < 1.29 is 42.1 Å². The average molecular weight is 919 g/mol. The van der Waals surface area contributed by atoms with E-state index >= 15 is 0 Å². The topological polar surface area (TPSA) is 108 Å². The Kier molecular flexibility index (Phi) is 43.8. The summed E-state index contributed by atoms with van der Waals surface area (Å²) in [6, 6.07) is 0. The molecule has 0 saturated heterocycles.